The highest BCUT2D eigenvalue weighted by molar-refractivity contribution is 5.17. The summed E-state index contributed by atoms with van der Waals surface area (Å²) in [4.78, 5) is 6.85. The molecule has 1 aliphatic rings. The molecule has 18 heavy (non-hydrogen) atoms. The van der Waals surface area contributed by atoms with E-state index in [4.69, 9.17) is 9.47 Å². The second-order valence-corrected chi connectivity index (χ2v) is 4.86. The summed E-state index contributed by atoms with van der Waals surface area (Å²) in [6, 6.07) is 5.97. The lowest BCUT2D eigenvalue weighted by atomic mass is 10.1. The molecule has 2 rings (SSSR count). The van der Waals surface area contributed by atoms with Crippen molar-refractivity contribution in [1.82, 2.24) is 9.88 Å². The van der Waals surface area contributed by atoms with Gasteiger partial charge in [0.1, 0.15) is 6.61 Å². The lowest BCUT2D eigenvalue weighted by molar-refractivity contribution is 0.0320. The Hall–Kier alpha value is -1.13. The van der Waals surface area contributed by atoms with Gasteiger partial charge in [0.25, 0.3) is 0 Å². The molecular weight excluding hydrogens is 228 g/mol. The van der Waals surface area contributed by atoms with Crippen LogP contribution in [0, 0.1) is 0 Å². The van der Waals surface area contributed by atoms with Gasteiger partial charge in [-0.25, -0.2) is 4.98 Å². The van der Waals surface area contributed by atoms with Gasteiger partial charge in [0, 0.05) is 31.4 Å². The van der Waals surface area contributed by atoms with Crippen molar-refractivity contribution in [3.05, 3.63) is 23.9 Å². The van der Waals surface area contributed by atoms with Crippen LogP contribution in [0.25, 0.3) is 0 Å². The highest BCUT2D eigenvalue weighted by Gasteiger charge is 2.10. The lowest BCUT2D eigenvalue weighted by Gasteiger charge is -2.26. The monoisotopic (exact) mass is 250 g/mol. The smallest absolute Gasteiger partial charge is 0.213 e. The van der Waals surface area contributed by atoms with Crippen molar-refractivity contribution in [2.24, 2.45) is 0 Å². The van der Waals surface area contributed by atoms with Crippen molar-refractivity contribution in [2.75, 3.05) is 39.5 Å². The Balaban J connectivity index is 1.77. The molecule has 100 valence electrons. The zero-order valence-electron chi connectivity index (χ0n) is 11.3. The van der Waals surface area contributed by atoms with Crippen LogP contribution >= 0.6 is 0 Å². The van der Waals surface area contributed by atoms with E-state index < -0.39 is 0 Å². The first-order valence-corrected chi connectivity index (χ1v) is 6.65. The minimum Gasteiger partial charge on any atom is -0.476 e. The number of rotatable bonds is 5. The van der Waals surface area contributed by atoms with Crippen molar-refractivity contribution < 1.29 is 9.47 Å². The van der Waals surface area contributed by atoms with E-state index in [-0.39, 0.29) is 0 Å². The quantitative estimate of drug-likeness (QED) is 0.799. The number of pyridine rings is 1. The van der Waals surface area contributed by atoms with Crippen LogP contribution in [0.15, 0.2) is 18.2 Å². The van der Waals surface area contributed by atoms with Crippen LogP contribution in [0.4, 0.5) is 0 Å². The third kappa shape index (κ3) is 3.96. The van der Waals surface area contributed by atoms with Crippen LogP contribution in [0.3, 0.4) is 0 Å². The van der Waals surface area contributed by atoms with Crippen molar-refractivity contribution in [2.45, 2.75) is 19.8 Å². The first-order chi connectivity index (χ1) is 8.75. The van der Waals surface area contributed by atoms with Crippen LogP contribution in [-0.2, 0) is 4.74 Å². The van der Waals surface area contributed by atoms with Gasteiger partial charge in [-0.2, -0.15) is 0 Å². The fourth-order valence-electron chi connectivity index (χ4n) is 1.94. The van der Waals surface area contributed by atoms with Gasteiger partial charge >= 0.3 is 0 Å². The molecule has 0 atom stereocenters. The van der Waals surface area contributed by atoms with Crippen molar-refractivity contribution in [1.29, 1.82) is 0 Å². The molecule has 4 heteroatoms. The van der Waals surface area contributed by atoms with Crippen LogP contribution in [-0.4, -0.2) is 49.3 Å². The second-order valence-electron chi connectivity index (χ2n) is 4.86. The molecule has 1 aromatic rings. The molecule has 1 fully saturated rings. The van der Waals surface area contributed by atoms with Gasteiger partial charge in [-0.05, 0) is 12.0 Å². The number of aromatic nitrogens is 1. The Kier molecular flexibility index (Phi) is 4.96. The Morgan fingerprint density at radius 3 is 2.83 bits per heavy atom. The third-order valence-electron chi connectivity index (χ3n) is 3.10. The van der Waals surface area contributed by atoms with Gasteiger partial charge in [-0.15, -0.1) is 0 Å². The fourth-order valence-corrected chi connectivity index (χ4v) is 1.94. The maximum Gasteiger partial charge on any atom is 0.213 e. The molecule has 2 heterocycles. The standard InChI is InChI=1S/C14H22N2O2/c1-12(2)13-4-3-5-14(15-13)18-11-8-16-6-9-17-10-7-16/h3-5,12H,6-11H2,1-2H3. The SMILES string of the molecule is CC(C)c1cccc(OCCN2CCOCC2)n1. The van der Waals surface area contributed by atoms with Crippen LogP contribution in [0.2, 0.25) is 0 Å². The van der Waals surface area contributed by atoms with E-state index in [1.165, 1.54) is 0 Å². The first-order valence-electron chi connectivity index (χ1n) is 6.65. The largest absolute Gasteiger partial charge is 0.476 e. The molecule has 0 saturated carbocycles. The van der Waals surface area contributed by atoms with Gasteiger partial charge < -0.3 is 9.47 Å². The molecule has 0 aliphatic carbocycles. The zero-order chi connectivity index (χ0) is 12.8. The summed E-state index contributed by atoms with van der Waals surface area (Å²) in [5, 5.41) is 0. The molecule has 1 aliphatic heterocycles. The third-order valence-corrected chi connectivity index (χ3v) is 3.10. The van der Waals surface area contributed by atoms with Gasteiger partial charge in [0.2, 0.25) is 5.88 Å². The average molecular weight is 250 g/mol. The molecule has 1 saturated heterocycles. The molecular formula is C14H22N2O2. The number of morpholine rings is 1. The van der Waals surface area contributed by atoms with Crippen LogP contribution in [0.5, 0.6) is 5.88 Å². The number of ether oxygens (including phenoxy) is 2. The highest BCUT2D eigenvalue weighted by Crippen LogP contribution is 2.15. The van der Waals surface area contributed by atoms with E-state index in [0.29, 0.717) is 12.5 Å². The number of hydrogen-bond donors (Lipinski definition) is 0. The van der Waals surface area contributed by atoms with E-state index in [1.54, 1.807) is 0 Å². The maximum absolute atomic E-state index is 5.71. The van der Waals surface area contributed by atoms with E-state index in [0.717, 1.165) is 44.4 Å². The van der Waals surface area contributed by atoms with Crippen molar-refractivity contribution in [3.8, 4) is 5.88 Å². The van der Waals surface area contributed by atoms with Gasteiger partial charge in [0.15, 0.2) is 0 Å². The Bertz CT molecular complexity index is 363. The molecule has 0 spiro atoms. The lowest BCUT2D eigenvalue weighted by Crippen LogP contribution is -2.38. The normalized spacial score (nSPS) is 17.1. The molecule has 0 radical (unpaired) electrons. The zero-order valence-corrected chi connectivity index (χ0v) is 11.3. The van der Waals surface area contributed by atoms with E-state index in [9.17, 15) is 0 Å². The molecule has 0 unspecified atom stereocenters. The summed E-state index contributed by atoms with van der Waals surface area (Å²) in [6.07, 6.45) is 0. The molecule has 1 aromatic heterocycles. The summed E-state index contributed by atoms with van der Waals surface area (Å²) >= 11 is 0. The van der Waals surface area contributed by atoms with Gasteiger partial charge in [-0.3, -0.25) is 4.90 Å². The molecule has 4 nitrogen and oxygen atoms in total. The Morgan fingerprint density at radius 1 is 1.33 bits per heavy atom. The predicted molar refractivity (Wildman–Crippen MR) is 71.1 cm³/mol. The Labute approximate surface area is 109 Å². The van der Waals surface area contributed by atoms with Gasteiger partial charge in [0.05, 0.1) is 13.2 Å². The van der Waals surface area contributed by atoms with Gasteiger partial charge in [-0.1, -0.05) is 19.9 Å². The number of nitrogens with zero attached hydrogens (tertiary/aromatic N) is 2. The highest BCUT2D eigenvalue weighted by atomic mass is 16.5. The molecule has 0 aromatic carbocycles. The summed E-state index contributed by atoms with van der Waals surface area (Å²) in [5.41, 5.74) is 1.08. The van der Waals surface area contributed by atoms with E-state index in [2.05, 4.69) is 23.7 Å². The number of hydrogen-bond acceptors (Lipinski definition) is 4. The van der Waals surface area contributed by atoms with Crippen molar-refractivity contribution >= 4 is 0 Å². The average Bonchev–Trinajstić information content (AvgIpc) is 2.40. The summed E-state index contributed by atoms with van der Waals surface area (Å²) in [7, 11) is 0. The van der Waals surface area contributed by atoms with E-state index >= 15 is 0 Å². The first kappa shape index (κ1) is 13.3. The van der Waals surface area contributed by atoms with Crippen LogP contribution < -0.4 is 4.74 Å². The summed E-state index contributed by atoms with van der Waals surface area (Å²) in [5.74, 6) is 1.17. The molecule has 0 amide bonds. The maximum atomic E-state index is 5.71. The van der Waals surface area contributed by atoms with E-state index in [1.807, 2.05) is 18.2 Å². The minimum absolute atomic E-state index is 0.438. The molecule has 0 N–H and O–H groups in total. The summed E-state index contributed by atoms with van der Waals surface area (Å²) in [6.45, 7) is 9.58. The fraction of sp³-hybridized carbons (Fsp3) is 0.643. The minimum atomic E-state index is 0.438. The molecule has 0 bridgehead atoms. The Morgan fingerprint density at radius 2 is 2.11 bits per heavy atom. The predicted octanol–water partition coefficient (Wildman–Crippen LogP) is 1.92. The second kappa shape index (κ2) is 6.71. The van der Waals surface area contributed by atoms with Crippen LogP contribution in [0.1, 0.15) is 25.5 Å². The van der Waals surface area contributed by atoms with Crippen molar-refractivity contribution in [3.63, 3.8) is 0 Å². The summed E-state index contributed by atoms with van der Waals surface area (Å²) < 4.78 is 11.0. The topological polar surface area (TPSA) is 34.6 Å².